The van der Waals surface area contributed by atoms with Crippen molar-refractivity contribution in [3.63, 3.8) is 0 Å². The van der Waals surface area contributed by atoms with Gasteiger partial charge in [-0.2, -0.15) is 0 Å². The number of nitrogens with two attached hydrogens (primary N) is 1. The molecule has 1 aliphatic heterocycles. The second-order valence-electron chi connectivity index (χ2n) is 8.89. The molecule has 1 unspecified atom stereocenters. The Bertz CT molecular complexity index is 1080. The Kier molecular flexibility index (Phi) is 10.0. The van der Waals surface area contributed by atoms with Gasteiger partial charge in [-0.05, 0) is 68.1 Å². The predicted octanol–water partition coefficient (Wildman–Crippen LogP) is 3.97. The molecule has 4 rings (SSSR count). The molecule has 2 N–H and O–H groups in total. The van der Waals surface area contributed by atoms with E-state index in [0.29, 0.717) is 6.47 Å². The molecule has 2 aliphatic rings. The van der Waals surface area contributed by atoms with Crippen LogP contribution < -0.4 is 15.2 Å². The maximum absolute atomic E-state index is 12.5. The lowest BCUT2D eigenvalue weighted by atomic mass is 9.77. The quantitative estimate of drug-likeness (QED) is 0.316. The summed E-state index contributed by atoms with van der Waals surface area (Å²) in [4.78, 5) is 37.6. The standard InChI is InChI=1S/C24H25NO6.C4H11N/c1-3-29-20(27)9-10-21(28)31-24-19(30-14-26)8-7-16-13-18-22-15(11-12-25(18)2)5-4-6-17(22)23(16)24;1-2-3-4-5/h4-8,14,18H,3,9-13H2,1-2H3;2-5H2,1H3. The smallest absolute Gasteiger partial charge is 0.311 e. The summed E-state index contributed by atoms with van der Waals surface area (Å²) in [7, 11) is 2.12. The second-order valence-corrected chi connectivity index (χ2v) is 8.89. The van der Waals surface area contributed by atoms with Crippen LogP contribution in [0.1, 0.15) is 62.3 Å². The summed E-state index contributed by atoms with van der Waals surface area (Å²) in [5.74, 6) is -0.639. The van der Waals surface area contributed by atoms with E-state index in [-0.39, 0.29) is 37.0 Å². The number of hydrogen-bond donors (Lipinski definition) is 1. The van der Waals surface area contributed by atoms with E-state index in [1.807, 2.05) is 18.2 Å². The molecule has 0 radical (unpaired) electrons. The predicted molar refractivity (Wildman–Crippen MR) is 137 cm³/mol. The molecule has 1 aliphatic carbocycles. The van der Waals surface area contributed by atoms with Crippen molar-refractivity contribution >= 4 is 18.4 Å². The van der Waals surface area contributed by atoms with Gasteiger partial charge in [-0.3, -0.25) is 19.3 Å². The Balaban J connectivity index is 0.000000658. The zero-order valence-electron chi connectivity index (χ0n) is 21.4. The van der Waals surface area contributed by atoms with Gasteiger partial charge >= 0.3 is 11.9 Å². The third kappa shape index (κ3) is 6.30. The van der Waals surface area contributed by atoms with Crippen LogP contribution in [0.3, 0.4) is 0 Å². The summed E-state index contributed by atoms with van der Waals surface area (Å²) < 4.78 is 15.7. The van der Waals surface area contributed by atoms with Crippen molar-refractivity contribution in [3.8, 4) is 22.6 Å². The minimum Gasteiger partial charge on any atom is -0.466 e. The third-order valence-corrected chi connectivity index (χ3v) is 6.47. The van der Waals surface area contributed by atoms with E-state index in [4.69, 9.17) is 19.9 Å². The monoisotopic (exact) mass is 496 g/mol. The van der Waals surface area contributed by atoms with E-state index in [9.17, 15) is 14.4 Å². The van der Waals surface area contributed by atoms with E-state index < -0.39 is 11.9 Å². The zero-order valence-corrected chi connectivity index (χ0v) is 21.4. The maximum atomic E-state index is 12.5. The van der Waals surface area contributed by atoms with E-state index >= 15 is 0 Å². The van der Waals surface area contributed by atoms with E-state index in [0.717, 1.165) is 42.6 Å². The maximum Gasteiger partial charge on any atom is 0.311 e. The lowest BCUT2D eigenvalue weighted by molar-refractivity contribution is -0.146. The van der Waals surface area contributed by atoms with Gasteiger partial charge in [0.2, 0.25) is 0 Å². The average molecular weight is 497 g/mol. The summed E-state index contributed by atoms with van der Waals surface area (Å²) >= 11 is 0. The normalized spacial score (nSPS) is 15.5. The first-order chi connectivity index (χ1) is 17.4. The number of fused-ring (bicyclic) bond motifs is 2. The minimum absolute atomic E-state index is 0.0703. The molecule has 0 saturated carbocycles. The van der Waals surface area contributed by atoms with Gasteiger partial charge in [0.15, 0.2) is 11.5 Å². The summed E-state index contributed by atoms with van der Waals surface area (Å²) in [6, 6.07) is 9.98. The molecule has 0 amide bonds. The molecule has 0 fully saturated rings. The lowest BCUT2D eigenvalue weighted by Crippen LogP contribution is -2.35. The summed E-state index contributed by atoms with van der Waals surface area (Å²) in [5, 5.41) is 0. The van der Waals surface area contributed by atoms with Crippen molar-refractivity contribution < 1.29 is 28.6 Å². The molecule has 1 atom stereocenters. The Morgan fingerprint density at radius 1 is 1.11 bits per heavy atom. The number of carbonyl (C=O) groups excluding carboxylic acids is 3. The number of hydrogen-bond acceptors (Lipinski definition) is 8. The van der Waals surface area contributed by atoms with Crippen LogP contribution in [0.5, 0.6) is 11.5 Å². The van der Waals surface area contributed by atoms with E-state index in [1.165, 1.54) is 24.0 Å². The van der Waals surface area contributed by atoms with Gasteiger partial charge in [-0.1, -0.05) is 37.6 Å². The number of esters is 2. The van der Waals surface area contributed by atoms with Crippen LogP contribution in [0, 0.1) is 0 Å². The summed E-state index contributed by atoms with van der Waals surface area (Å²) in [5.41, 5.74) is 10.4. The number of carbonyl (C=O) groups is 3. The van der Waals surface area contributed by atoms with Gasteiger partial charge in [0, 0.05) is 18.2 Å². The van der Waals surface area contributed by atoms with Crippen LogP contribution in [0.2, 0.25) is 0 Å². The first-order valence-electron chi connectivity index (χ1n) is 12.6. The molecule has 2 aromatic carbocycles. The first-order valence-corrected chi connectivity index (χ1v) is 12.6. The molecule has 36 heavy (non-hydrogen) atoms. The Hall–Kier alpha value is -3.23. The fourth-order valence-corrected chi connectivity index (χ4v) is 4.70. The Morgan fingerprint density at radius 2 is 1.89 bits per heavy atom. The molecule has 0 saturated heterocycles. The van der Waals surface area contributed by atoms with Gasteiger partial charge in [-0.25, -0.2) is 0 Å². The van der Waals surface area contributed by atoms with E-state index in [2.05, 4.69) is 24.9 Å². The van der Waals surface area contributed by atoms with Gasteiger partial charge < -0.3 is 19.9 Å². The van der Waals surface area contributed by atoms with Crippen molar-refractivity contribution in [2.75, 3.05) is 26.7 Å². The zero-order chi connectivity index (χ0) is 26.1. The molecule has 2 aromatic rings. The van der Waals surface area contributed by atoms with Crippen LogP contribution in [0.4, 0.5) is 0 Å². The van der Waals surface area contributed by atoms with Gasteiger partial charge in [0.05, 0.1) is 19.4 Å². The second kappa shape index (κ2) is 13.2. The molecular weight excluding hydrogens is 460 g/mol. The fraction of sp³-hybridized carbons (Fsp3) is 0.464. The van der Waals surface area contributed by atoms with E-state index in [1.54, 1.807) is 13.0 Å². The molecule has 8 heteroatoms. The molecule has 194 valence electrons. The summed E-state index contributed by atoms with van der Waals surface area (Å²) in [6.45, 7) is 6.24. The van der Waals surface area contributed by atoms with Crippen molar-refractivity contribution in [1.82, 2.24) is 4.90 Å². The molecule has 0 bridgehead atoms. The molecule has 8 nitrogen and oxygen atoms in total. The van der Waals surface area contributed by atoms with Crippen LogP contribution in [0.15, 0.2) is 30.3 Å². The number of rotatable bonds is 9. The number of nitrogens with zero attached hydrogens (tertiary/aromatic N) is 1. The van der Waals surface area contributed by atoms with Gasteiger partial charge in [0.1, 0.15) is 0 Å². The molecule has 0 aromatic heterocycles. The number of benzene rings is 2. The van der Waals surface area contributed by atoms with Crippen molar-refractivity contribution in [2.45, 2.75) is 58.4 Å². The van der Waals surface area contributed by atoms with Gasteiger partial charge in [-0.15, -0.1) is 0 Å². The molecule has 0 spiro atoms. The highest BCUT2D eigenvalue weighted by molar-refractivity contribution is 5.87. The highest BCUT2D eigenvalue weighted by atomic mass is 16.6. The first kappa shape index (κ1) is 27.4. The van der Waals surface area contributed by atoms with Crippen LogP contribution in [0.25, 0.3) is 11.1 Å². The lowest BCUT2D eigenvalue weighted by Gasteiger charge is -2.40. The number of likely N-dealkylation sites (N-methyl/N-ethyl adjacent to an activating group) is 1. The van der Waals surface area contributed by atoms with Gasteiger partial charge in [0.25, 0.3) is 6.47 Å². The highest BCUT2D eigenvalue weighted by Gasteiger charge is 2.35. The Labute approximate surface area is 212 Å². The third-order valence-electron chi connectivity index (χ3n) is 6.47. The number of ether oxygens (including phenoxy) is 3. The molecule has 1 heterocycles. The van der Waals surface area contributed by atoms with Crippen molar-refractivity contribution in [1.29, 1.82) is 0 Å². The topological polar surface area (TPSA) is 108 Å². The number of unbranched alkanes of at least 4 members (excludes halogenated alkanes) is 1. The molecular formula is C28H36N2O6. The highest BCUT2D eigenvalue weighted by Crippen LogP contribution is 2.50. The van der Waals surface area contributed by atoms with Crippen LogP contribution >= 0.6 is 0 Å². The average Bonchev–Trinajstić information content (AvgIpc) is 2.87. The van der Waals surface area contributed by atoms with Crippen LogP contribution in [-0.2, 0) is 32.0 Å². The van der Waals surface area contributed by atoms with Crippen molar-refractivity contribution in [2.24, 2.45) is 5.73 Å². The summed E-state index contributed by atoms with van der Waals surface area (Å²) in [6.07, 6.45) is 3.91. The largest absolute Gasteiger partial charge is 0.466 e. The van der Waals surface area contributed by atoms with Crippen molar-refractivity contribution in [3.05, 3.63) is 47.0 Å². The van der Waals surface area contributed by atoms with Crippen LogP contribution in [-0.4, -0.2) is 50.1 Å². The fourth-order valence-electron chi connectivity index (χ4n) is 4.70. The Morgan fingerprint density at radius 3 is 2.56 bits per heavy atom. The minimum atomic E-state index is -0.582. The SMILES string of the molecule is CCCCN.CCOC(=O)CCC(=O)Oc1c(OC=O)ccc2c1-c1cccc3c1C(C2)N(C)CC3.